The number of unbranched alkanes of at least 4 members (excludes halogenated alkanes) is 2. The van der Waals surface area contributed by atoms with Gasteiger partial charge in [-0.05, 0) is 49.3 Å². The lowest BCUT2D eigenvalue weighted by Crippen LogP contribution is -2.32. The van der Waals surface area contributed by atoms with Crippen LogP contribution in [-0.2, 0) is 4.79 Å². The van der Waals surface area contributed by atoms with Gasteiger partial charge < -0.3 is 5.32 Å². The van der Waals surface area contributed by atoms with Crippen molar-refractivity contribution in [2.24, 2.45) is 5.92 Å². The van der Waals surface area contributed by atoms with E-state index >= 15 is 0 Å². The average Bonchev–Trinajstić information content (AvgIpc) is 3.41. The molecule has 0 bridgehead atoms. The number of amides is 3. The van der Waals surface area contributed by atoms with Crippen molar-refractivity contribution in [1.82, 2.24) is 10.2 Å². The van der Waals surface area contributed by atoms with Crippen LogP contribution in [0.2, 0.25) is 0 Å². The summed E-state index contributed by atoms with van der Waals surface area (Å²) in [6, 6.07) is 17.3. The van der Waals surface area contributed by atoms with Crippen LogP contribution in [0.5, 0.6) is 0 Å². The monoisotopic (exact) mass is 418 g/mol. The highest BCUT2D eigenvalue weighted by atomic mass is 16.2. The van der Waals surface area contributed by atoms with Crippen molar-refractivity contribution in [2.75, 3.05) is 6.54 Å². The molecule has 3 amide bonds. The van der Waals surface area contributed by atoms with Crippen LogP contribution in [-0.4, -0.2) is 29.2 Å². The molecule has 1 fully saturated rings. The predicted molar refractivity (Wildman–Crippen MR) is 120 cm³/mol. The lowest BCUT2D eigenvalue weighted by molar-refractivity contribution is -0.122. The van der Waals surface area contributed by atoms with Crippen molar-refractivity contribution in [3.8, 4) is 0 Å². The summed E-state index contributed by atoms with van der Waals surface area (Å²) in [7, 11) is 0. The molecule has 2 aliphatic rings. The molecule has 0 radical (unpaired) electrons. The fraction of sp³-hybridized carbons (Fsp3) is 0.423. The molecule has 4 rings (SSSR count). The summed E-state index contributed by atoms with van der Waals surface area (Å²) in [5.74, 6) is 0.183. The quantitative estimate of drug-likeness (QED) is 0.466. The maximum absolute atomic E-state index is 12.6. The molecule has 0 spiro atoms. The van der Waals surface area contributed by atoms with E-state index in [0.29, 0.717) is 36.4 Å². The largest absolute Gasteiger partial charge is 0.349 e. The summed E-state index contributed by atoms with van der Waals surface area (Å²) in [6.45, 7) is 0.405. The molecule has 31 heavy (non-hydrogen) atoms. The Morgan fingerprint density at radius 2 is 1.48 bits per heavy atom. The third kappa shape index (κ3) is 4.87. The van der Waals surface area contributed by atoms with E-state index in [9.17, 15) is 14.4 Å². The van der Waals surface area contributed by atoms with Crippen LogP contribution in [0, 0.1) is 5.92 Å². The first-order chi connectivity index (χ1) is 15.1. The Bertz CT molecular complexity index is 900. The summed E-state index contributed by atoms with van der Waals surface area (Å²) in [5.41, 5.74) is 2.17. The zero-order valence-corrected chi connectivity index (χ0v) is 17.9. The molecule has 5 nitrogen and oxygen atoms in total. The fourth-order valence-electron chi connectivity index (χ4n) is 4.84. The molecule has 1 aliphatic carbocycles. The van der Waals surface area contributed by atoms with Gasteiger partial charge in [0, 0.05) is 13.0 Å². The molecular weight excluding hydrogens is 388 g/mol. The Hall–Kier alpha value is -2.95. The topological polar surface area (TPSA) is 66.5 Å². The number of benzene rings is 2. The van der Waals surface area contributed by atoms with Crippen molar-refractivity contribution in [3.63, 3.8) is 0 Å². The van der Waals surface area contributed by atoms with E-state index in [-0.39, 0.29) is 23.8 Å². The molecule has 2 aromatic rings. The molecule has 0 unspecified atom stereocenters. The highest BCUT2D eigenvalue weighted by molar-refractivity contribution is 6.21. The molecule has 1 saturated carbocycles. The van der Waals surface area contributed by atoms with Gasteiger partial charge in [-0.3, -0.25) is 19.3 Å². The number of nitrogens with one attached hydrogen (secondary N) is 1. The average molecular weight is 419 g/mol. The molecule has 2 aromatic carbocycles. The highest BCUT2D eigenvalue weighted by Crippen LogP contribution is 2.35. The normalized spacial score (nSPS) is 17.1. The number of hydrogen-bond donors (Lipinski definition) is 1. The van der Waals surface area contributed by atoms with E-state index in [1.165, 1.54) is 36.1 Å². The zero-order valence-electron chi connectivity index (χ0n) is 17.9. The molecule has 0 aromatic heterocycles. The first-order valence-electron chi connectivity index (χ1n) is 11.4. The Morgan fingerprint density at radius 1 is 0.871 bits per heavy atom. The van der Waals surface area contributed by atoms with Gasteiger partial charge in [0.2, 0.25) is 5.91 Å². The first-order valence-corrected chi connectivity index (χ1v) is 11.4. The number of carbonyl (C=O) groups excluding carboxylic acids is 3. The van der Waals surface area contributed by atoms with Crippen LogP contribution in [0.15, 0.2) is 54.6 Å². The third-order valence-corrected chi connectivity index (χ3v) is 6.51. The van der Waals surface area contributed by atoms with Crippen LogP contribution >= 0.6 is 0 Å². The fourth-order valence-corrected chi connectivity index (χ4v) is 4.84. The number of fused-ring (bicyclic) bond motifs is 1. The standard InChI is InChI=1S/C26H30N2O3/c29-23(27-24(20-13-6-7-14-20)19-11-3-1-4-12-19)17-5-2-10-18-28-25(30)21-15-8-9-16-22(21)26(28)31/h1,3-4,8-9,11-12,15-16,20,24H,2,5-7,10,13-14,17-18H2,(H,27,29)/t24-/m0/s1. The van der Waals surface area contributed by atoms with Crippen LogP contribution in [0.3, 0.4) is 0 Å². The van der Waals surface area contributed by atoms with Gasteiger partial charge in [-0.25, -0.2) is 0 Å². The second kappa shape index (κ2) is 9.90. The second-order valence-electron chi connectivity index (χ2n) is 8.62. The minimum absolute atomic E-state index is 0.0847. The smallest absolute Gasteiger partial charge is 0.261 e. The van der Waals surface area contributed by atoms with Crippen LogP contribution in [0.25, 0.3) is 0 Å². The van der Waals surface area contributed by atoms with E-state index in [2.05, 4.69) is 17.4 Å². The van der Waals surface area contributed by atoms with Crippen molar-refractivity contribution in [2.45, 2.75) is 57.4 Å². The summed E-state index contributed by atoms with van der Waals surface area (Å²) in [6.07, 6.45) is 7.55. The van der Waals surface area contributed by atoms with Gasteiger partial charge in [0.05, 0.1) is 17.2 Å². The lowest BCUT2D eigenvalue weighted by atomic mass is 9.91. The third-order valence-electron chi connectivity index (χ3n) is 6.51. The second-order valence-corrected chi connectivity index (χ2v) is 8.62. The molecular formula is C26H30N2O3. The minimum atomic E-state index is -0.208. The number of hydrogen-bond acceptors (Lipinski definition) is 3. The first kappa shape index (κ1) is 21.3. The van der Waals surface area contributed by atoms with Crippen LogP contribution in [0.4, 0.5) is 0 Å². The van der Waals surface area contributed by atoms with Gasteiger partial charge in [-0.2, -0.15) is 0 Å². The lowest BCUT2D eigenvalue weighted by Gasteiger charge is -2.25. The highest BCUT2D eigenvalue weighted by Gasteiger charge is 2.34. The van der Waals surface area contributed by atoms with Gasteiger partial charge in [-0.1, -0.05) is 61.7 Å². The minimum Gasteiger partial charge on any atom is -0.349 e. The Labute approximate surface area is 183 Å². The van der Waals surface area contributed by atoms with Crippen molar-refractivity contribution >= 4 is 17.7 Å². The molecule has 1 aliphatic heterocycles. The molecule has 1 atom stereocenters. The Balaban J connectivity index is 1.22. The van der Waals surface area contributed by atoms with E-state index < -0.39 is 0 Å². The van der Waals surface area contributed by atoms with E-state index in [1.54, 1.807) is 24.3 Å². The molecule has 1 heterocycles. The SMILES string of the molecule is O=C(CCCCCN1C(=O)c2ccccc2C1=O)N[C@@H](c1ccccc1)C1CCCC1. The van der Waals surface area contributed by atoms with Gasteiger partial charge in [0.1, 0.15) is 0 Å². The molecule has 0 saturated heterocycles. The molecule has 162 valence electrons. The van der Waals surface area contributed by atoms with Crippen molar-refractivity contribution < 1.29 is 14.4 Å². The van der Waals surface area contributed by atoms with Crippen molar-refractivity contribution in [3.05, 3.63) is 71.3 Å². The van der Waals surface area contributed by atoms with Gasteiger partial charge in [0.15, 0.2) is 0 Å². The predicted octanol–water partition coefficient (Wildman–Crippen LogP) is 4.89. The summed E-state index contributed by atoms with van der Waals surface area (Å²) in [5, 5.41) is 3.28. The van der Waals surface area contributed by atoms with Gasteiger partial charge in [-0.15, -0.1) is 0 Å². The van der Waals surface area contributed by atoms with Gasteiger partial charge >= 0.3 is 0 Å². The maximum atomic E-state index is 12.6. The molecule has 1 N–H and O–H groups in total. The summed E-state index contributed by atoms with van der Waals surface area (Å²) < 4.78 is 0. The summed E-state index contributed by atoms with van der Waals surface area (Å²) in [4.78, 5) is 38.8. The number of carbonyl (C=O) groups is 3. The summed E-state index contributed by atoms with van der Waals surface area (Å²) >= 11 is 0. The van der Waals surface area contributed by atoms with E-state index in [0.717, 1.165) is 12.8 Å². The van der Waals surface area contributed by atoms with Crippen molar-refractivity contribution in [1.29, 1.82) is 0 Å². The number of imide groups is 1. The van der Waals surface area contributed by atoms with E-state index in [1.807, 2.05) is 18.2 Å². The van der Waals surface area contributed by atoms with E-state index in [4.69, 9.17) is 0 Å². The maximum Gasteiger partial charge on any atom is 0.261 e. The number of nitrogens with zero attached hydrogens (tertiary/aromatic N) is 1. The Morgan fingerprint density at radius 3 is 2.13 bits per heavy atom. The van der Waals surface area contributed by atoms with Gasteiger partial charge in [0.25, 0.3) is 11.8 Å². The zero-order chi connectivity index (χ0) is 21.6. The molecule has 5 heteroatoms. The Kier molecular flexibility index (Phi) is 6.80. The van der Waals surface area contributed by atoms with Crippen LogP contribution < -0.4 is 5.32 Å². The van der Waals surface area contributed by atoms with Crippen LogP contribution in [0.1, 0.15) is 83.7 Å². The number of rotatable bonds is 9.